The number of ether oxygens (including phenoxy) is 2. The molecule has 0 aliphatic carbocycles. The molecule has 0 spiro atoms. The Hall–Kier alpha value is -2.56. The first-order chi connectivity index (χ1) is 11.4. The van der Waals surface area contributed by atoms with Gasteiger partial charge in [-0.2, -0.15) is 0 Å². The molecule has 1 amide bonds. The zero-order valence-corrected chi connectivity index (χ0v) is 14.4. The summed E-state index contributed by atoms with van der Waals surface area (Å²) in [5.41, 5.74) is 2.45. The smallest absolute Gasteiger partial charge is 0.257 e. The van der Waals surface area contributed by atoms with E-state index >= 15 is 0 Å². The van der Waals surface area contributed by atoms with Crippen molar-refractivity contribution in [2.75, 3.05) is 27.3 Å². The topological polar surface area (TPSA) is 38.8 Å². The molecule has 0 saturated carbocycles. The fourth-order valence-corrected chi connectivity index (χ4v) is 2.47. The van der Waals surface area contributed by atoms with E-state index in [-0.39, 0.29) is 11.5 Å². The Morgan fingerprint density at radius 1 is 1.12 bits per heavy atom. The molecule has 0 unspecified atom stereocenters. The fraction of sp³-hybridized carbons (Fsp3) is 0.316. The SMILES string of the molecule is COc1ccc(F)cc1C(=O)N(C)CCOc1cc(C)cc(C)c1. The van der Waals surface area contributed by atoms with Gasteiger partial charge in [-0.25, -0.2) is 4.39 Å². The highest BCUT2D eigenvalue weighted by Crippen LogP contribution is 2.21. The predicted octanol–water partition coefficient (Wildman–Crippen LogP) is 3.60. The second-order valence-corrected chi connectivity index (χ2v) is 5.74. The standard InChI is InChI=1S/C19H22FNO3/c1-13-9-14(2)11-16(10-13)24-8-7-21(3)19(22)17-12-15(20)5-6-18(17)23-4/h5-6,9-12H,7-8H2,1-4H3. The number of nitrogens with zero attached hydrogens (tertiary/aromatic N) is 1. The minimum Gasteiger partial charge on any atom is -0.496 e. The molecule has 2 rings (SSSR count). The summed E-state index contributed by atoms with van der Waals surface area (Å²) in [6, 6.07) is 9.86. The first kappa shape index (κ1) is 17.8. The van der Waals surface area contributed by atoms with Crippen LogP contribution in [-0.2, 0) is 0 Å². The maximum Gasteiger partial charge on any atom is 0.257 e. The lowest BCUT2D eigenvalue weighted by Crippen LogP contribution is -2.31. The Kier molecular flexibility index (Phi) is 5.79. The molecular weight excluding hydrogens is 309 g/mol. The number of hydrogen-bond donors (Lipinski definition) is 0. The van der Waals surface area contributed by atoms with E-state index in [0.717, 1.165) is 16.9 Å². The number of methoxy groups -OCH3 is 1. The molecule has 0 heterocycles. The van der Waals surface area contributed by atoms with Gasteiger partial charge in [-0.05, 0) is 55.3 Å². The van der Waals surface area contributed by atoms with Crippen LogP contribution in [0.4, 0.5) is 4.39 Å². The van der Waals surface area contributed by atoms with E-state index in [1.165, 1.54) is 30.2 Å². The molecule has 0 N–H and O–H groups in total. The van der Waals surface area contributed by atoms with Crippen LogP contribution in [0, 0.1) is 19.7 Å². The summed E-state index contributed by atoms with van der Waals surface area (Å²) in [7, 11) is 3.10. The Balaban J connectivity index is 1.98. The molecule has 0 aromatic heterocycles. The molecule has 24 heavy (non-hydrogen) atoms. The molecule has 0 bridgehead atoms. The number of carbonyl (C=O) groups is 1. The minimum absolute atomic E-state index is 0.200. The highest BCUT2D eigenvalue weighted by atomic mass is 19.1. The summed E-state index contributed by atoms with van der Waals surface area (Å²) >= 11 is 0. The Morgan fingerprint density at radius 2 is 1.79 bits per heavy atom. The molecule has 0 saturated heterocycles. The molecule has 0 aliphatic heterocycles. The van der Waals surface area contributed by atoms with Crippen molar-refractivity contribution >= 4 is 5.91 Å². The number of rotatable bonds is 6. The third-order valence-corrected chi connectivity index (χ3v) is 3.63. The molecule has 2 aromatic rings. The Morgan fingerprint density at radius 3 is 2.42 bits per heavy atom. The van der Waals surface area contributed by atoms with Crippen LogP contribution in [0.1, 0.15) is 21.5 Å². The summed E-state index contributed by atoms with van der Waals surface area (Å²) in [6.07, 6.45) is 0. The monoisotopic (exact) mass is 331 g/mol. The zero-order valence-electron chi connectivity index (χ0n) is 14.4. The van der Waals surface area contributed by atoms with Crippen LogP contribution < -0.4 is 9.47 Å². The van der Waals surface area contributed by atoms with Crippen LogP contribution in [0.5, 0.6) is 11.5 Å². The Bertz CT molecular complexity index is 710. The van der Waals surface area contributed by atoms with E-state index in [1.807, 2.05) is 26.0 Å². The average molecular weight is 331 g/mol. The lowest BCUT2D eigenvalue weighted by molar-refractivity contribution is 0.0770. The third-order valence-electron chi connectivity index (χ3n) is 3.63. The van der Waals surface area contributed by atoms with Gasteiger partial charge in [-0.15, -0.1) is 0 Å². The first-order valence-corrected chi connectivity index (χ1v) is 7.71. The maximum atomic E-state index is 13.4. The van der Waals surface area contributed by atoms with E-state index in [1.54, 1.807) is 7.05 Å². The van der Waals surface area contributed by atoms with Crippen LogP contribution in [0.2, 0.25) is 0 Å². The van der Waals surface area contributed by atoms with Crippen molar-refractivity contribution in [3.63, 3.8) is 0 Å². The van der Waals surface area contributed by atoms with Crippen molar-refractivity contribution < 1.29 is 18.7 Å². The molecule has 2 aromatic carbocycles. The second kappa shape index (κ2) is 7.81. The van der Waals surface area contributed by atoms with Crippen LogP contribution in [0.3, 0.4) is 0 Å². The number of aryl methyl sites for hydroxylation is 2. The predicted molar refractivity (Wildman–Crippen MR) is 91.3 cm³/mol. The molecule has 4 nitrogen and oxygen atoms in total. The Labute approximate surface area is 141 Å². The quantitative estimate of drug-likeness (QED) is 0.812. The van der Waals surface area contributed by atoms with Crippen LogP contribution in [0.25, 0.3) is 0 Å². The summed E-state index contributed by atoms with van der Waals surface area (Å²) in [5.74, 6) is 0.342. The van der Waals surface area contributed by atoms with Crippen molar-refractivity contribution in [1.29, 1.82) is 0 Å². The molecule has 0 atom stereocenters. The highest BCUT2D eigenvalue weighted by molar-refractivity contribution is 5.96. The van der Waals surface area contributed by atoms with Gasteiger partial charge in [0.2, 0.25) is 0 Å². The van der Waals surface area contributed by atoms with Gasteiger partial charge in [0.15, 0.2) is 0 Å². The van der Waals surface area contributed by atoms with E-state index < -0.39 is 5.82 Å². The molecule has 5 heteroatoms. The van der Waals surface area contributed by atoms with Gasteiger partial charge in [0.05, 0.1) is 19.2 Å². The van der Waals surface area contributed by atoms with Crippen molar-refractivity contribution in [3.8, 4) is 11.5 Å². The first-order valence-electron chi connectivity index (χ1n) is 7.71. The lowest BCUT2D eigenvalue weighted by Gasteiger charge is -2.19. The van der Waals surface area contributed by atoms with Gasteiger partial charge >= 0.3 is 0 Å². The second-order valence-electron chi connectivity index (χ2n) is 5.74. The summed E-state index contributed by atoms with van der Waals surface area (Å²) < 4.78 is 24.2. The largest absolute Gasteiger partial charge is 0.496 e. The number of halogens is 1. The van der Waals surface area contributed by atoms with Gasteiger partial charge in [-0.3, -0.25) is 4.79 Å². The van der Waals surface area contributed by atoms with E-state index in [9.17, 15) is 9.18 Å². The third kappa shape index (κ3) is 4.47. The molecule has 0 radical (unpaired) electrons. The number of amides is 1. The zero-order chi connectivity index (χ0) is 17.7. The normalized spacial score (nSPS) is 10.4. The van der Waals surface area contributed by atoms with Gasteiger partial charge in [0.1, 0.15) is 23.9 Å². The number of likely N-dealkylation sites (N-methyl/N-ethyl adjacent to an activating group) is 1. The van der Waals surface area contributed by atoms with Gasteiger partial charge < -0.3 is 14.4 Å². The van der Waals surface area contributed by atoms with Crippen LogP contribution in [0.15, 0.2) is 36.4 Å². The van der Waals surface area contributed by atoms with Crippen LogP contribution in [-0.4, -0.2) is 38.1 Å². The van der Waals surface area contributed by atoms with E-state index in [4.69, 9.17) is 9.47 Å². The van der Waals surface area contributed by atoms with Crippen molar-refractivity contribution in [1.82, 2.24) is 4.90 Å². The van der Waals surface area contributed by atoms with Crippen molar-refractivity contribution in [3.05, 3.63) is 58.9 Å². The van der Waals surface area contributed by atoms with Crippen molar-refractivity contribution in [2.45, 2.75) is 13.8 Å². The van der Waals surface area contributed by atoms with E-state index in [0.29, 0.717) is 18.9 Å². The summed E-state index contributed by atoms with van der Waals surface area (Å²) in [5, 5.41) is 0. The summed E-state index contributed by atoms with van der Waals surface area (Å²) in [4.78, 5) is 13.9. The van der Waals surface area contributed by atoms with Gasteiger partial charge in [0, 0.05) is 7.05 Å². The highest BCUT2D eigenvalue weighted by Gasteiger charge is 2.17. The number of hydrogen-bond acceptors (Lipinski definition) is 3. The minimum atomic E-state index is -0.473. The molecule has 128 valence electrons. The van der Waals surface area contributed by atoms with Crippen LogP contribution >= 0.6 is 0 Å². The van der Waals surface area contributed by atoms with E-state index in [2.05, 4.69) is 6.07 Å². The average Bonchev–Trinajstić information content (AvgIpc) is 2.53. The molecule has 0 aliphatic rings. The number of carbonyl (C=O) groups excluding carboxylic acids is 1. The fourth-order valence-electron chi connectivity index (χ4n) is 2.47. The maximum absolute atomic E-state index is 13.4. The van der Waals surface area contributed by atoms with Crippen molar-refractivity contribution in [2.24, 2.45) is 0 Å². The molecular formula is C19H22FNO3. The van der Waals surface area contributed by atoms with Gasteiger partial charge in [0.25, 0.3) is 5.91 Å². The summed E-state index contributed by atoms with van der Waals surface area (Å²) in [6.45, 7) is 4.74. The lowest BCUT2D eigenvalue weighted by atomic mass is 10.1. The van der Waals surface area contributed by atoms with Gasteiger partial charge in [-0.1, -0.05) is 6.07 Å². The molecule has 0 fully saturated rings. The number of benzene rings is 2.